The smallest absolute Gasteiger partial charge is 0.306 e. The molecule has 1 atom stereocenters. The van der Waals surface area contributed by atoms with Crippen molar-refractivity contribution in [2.45, 2.75) is 58.8 Å². The molecule has 0 radical (unpaired) electrons. The molecule has 1 aliphatic carbocycles. The lowest BCUT2D eigenvalue weighted by Gasteiger charge is -2.36. The van der Waals surface area contributed by atoms with Crippen LogP contribution in [0, 0.1) is 17.3 Å². The predicted molar refractivity (Wildman–Crippen MR) is 186 cm³/mol. The van der Waals surface area contributed by atoms with E-state index in [9.17, 15) is 9.59 Å². The molecule has 0 N–H and O–H groups in total. The number of carbonyl (C=O) groups is 2. The molecule has 10 heteroatoms. The van der Waals surface area contributed by atoms with Crippen LogP contribution in [0.4, 0.5) is 11.5 Å². The van der Waals surface area contributed by atoms with Crippen LogP contribution in [0.15, 0.2) is 60.9 Å². The molecule has 10 nitrogen and oxygen atoms in total. The molecule has 1 saturated carbocycles. The summed E-state index contributed by atoms with van der Waals surface area (Å²) in [5.41, 5.74) is 2.26. The fourth-order valence-corrected chi connectivity index (χ4v) is 6.59. The highest BCUT2D eigenvalue weighted by molar-refractivity contribution is 6.09. The van der Waals surface area contributed by atoms with Gasteiger partial charge in [-0.3, -0.25) is 14.5 Å². The van der Waals surface area contributed by atoms with Gasteiger partial charge in [-0.05, 0) is 86.3 Å². The maximum absolute atomic E-state index is 14.4. The van der Waals surface area contributed by atoms with Crippen LogP contribution in [-0.4, -0.2) is 75.5 Å². The van der Waals surface area contributed by atoms with Gasteiger partial charge in [-0.1, -0.05) is 19.9 Å². The number of pyridine rings is 2. The second kappa shape index (κ2) is 16.3. The van der Waals surface area contributed by atoms with E-state index < -0.39 is 0 Å². The Morgan fingerprint density at radius 3 is 2.46 bits per heavy atom. The molecule has 3 aromatic rings. The van der Waals surface area contributed by atoms with Crippen LogP contribution in [-0.2, 0) is 14.3 Å². The van der Waals surface area contributed by atoms with Crippen LogP contribution in [0.5, 0.6) is 11.6 Å². The number of anilines is 2. The van der Waals surface area contributed by atoms with Gasteiger partial charge in [-0.15, -0.1) is 0 Å². The van der Waals surface area contributed by atoms with Crippen LogP contribution in [0.1, 0.15) is 74.7 Å². The fourth-order valence-electron chi connectivity index (χ4n) is 6.59. The van der Waals surface area contributed by atoms with Crippen molar-refractivity contribution in [3.8, 4) is 11.6 Å². The Bertz CT molecular complexity index is 1500. The largest absolute Gasteiger partial charge is 0.497 e. The van der Waals surface area contributed by atoms with E-state index in [0.717, 1.165) is 50.0 Å². The number of piperidine rings is 1. The Labute approximate surface area is 284 Å². The van der Waals surface area contributed by atoms with Crippen molar-refractivity contribution in [2.24, 2.45) is 17.3 Å². The summed E-state index contributed by atoms with van der Waals surface area (Å²) in [6.07, 6.45) is 7.95. The van der Waals surface area contributed by atoms with E-state index in [4.69, 9.17) is 18.9 Å². The van der Waals surface area contributed by atoms with Crippen LogP contribution in [0.25, 0.3) is 0 Å². The number of benzene rings is 1. The first-order valence-corrected chi connectivity index (χ1v) is 17.1. The van der Waals surface area contributed by atoms with Crippen molar-refractivity contribution in [1.29, 1.82) is 0 Å². The lowest BCUT2D eigenvalue weighted by Crippen LogP contribution is -2.42. The highest BCUT2D eigenvalue weighted by Crippen LogP contribution is 2.45. The number of esters is 1. The molecular weight excluding hydrogens is 608 g/mol. The van der Waals surface area contributed by atoms with Gasteiger partial charge in [0.15, 0.2) is 0 Å². The molecule has 2 aromatic heterocycles. The lowest BCUT2D eigenvalue weighted by atomic mass is 9.92. The Hall–Kier alpha value is -4.18. The molecule has 2 fully saturated rings. The highest BCUT2D eigenvalue weighted by Gasteiger charge is 2.35. The zero-order valence-corrected chi connectivity index (χ0v) is 29.0. The van der Waals surface area contributed by atoms with Gasteiger partial charge in [0.2, 0.25) is 5.88 Å². The molecule has 5 rings (SSSR count). The quantitative estimate of drug-likeness (QED) is 0.159. The first-order valence-electron chi connectivity index (χ1n) is 17.1. The maximum Gasteiger partial charge on any atom is 0.306 e. The van der Waals surface area contributed by atoms with Crippen LogP contribution >= 0.6 is 0 Å². The second-order valence-corrected chi connectivity index (χ2v) is 13.7. The highest BCUT2D eigenvalue weighted by atomic mass is 16.5. The average Bonchev–Trinajstić information content (AvgIpc) is 3.95. The van der Waals surface area contributed by atoms with Gasteiger partial charge in [0.25, 0.3) is 5.91 Å². The lowest BCUT2D eigenvalue weighted by molar-refractivity contribution is -0.143. The summed E-state index contributed by atoms with van der Waals surface area (Å²) < 4.78 is 22.5. The Morgan fingerprint density at radius 1 is 1.00 bits per heavy atom. The molecule has 1 saturated heterocycles. The second-order valence-electron chi connectivity index (χ2n) is 13.7. The molecule has 1 aliphatic heterocycles. The summed E-state index contributed by atoms with van der Waals surface area (Å²) in [6, 6.07) is 15.3. The Kier molecular flexibility index (Phi) is 11.9. The maximum atomic E-state index is 14.4. The van der Waals surface area contributed by atoms with Crippen molar-refractivity contribution < 1.29 is 28.5 Å². The fraction of sp³-hybridized carbons (Fsp3) is 0.526. The molecule has 0 bridgehead atoms. The number of carbonyl (C=O) groups excluding carboxylic acids is 2. The molecule has 2 aliphatic rings. The first-order chi connectivity index (χ1) is 23.2. The van der Waals surface area contributed by atoms with E-state index in [1.54, 1.807) is 31.5 Å². The van der Waals surface area contributed by atoms with Gasteiger partial charge in [0.05, 0.1) is 44.6 Å². The van der Waals surface area contributed by atoms with E-state index in [1.165, 1.54) is 0 Å². The Balaban J connectivity index is 1.26. The molecular formula is C38H50N4O6. The summed E-state index contributed by atoms with van der Waals surface area (Å²) in [7, 11) is 3.32. The molecule has 1 amide bonds. The molecule has 48 heavy (non-hydrogen) atoms. The van der Waals surface area contributed by atoms with Crippen molar-refractivity contribution in [3.63, 3.8) is 0 Å². The minimum absolute atomic E-state index is 0.112. The average molecular weight is 659 g/mol. The minimum Gasteiger partial charge on any atom is -0.497 e. The molecule has 258 valence electrons. The number of rotatable bonds is 16. The van der Waals surface area contributed by atoms with E-state index >= 15 is 0 Å². The molecule has 1 unspecified atom stereocenters. The number of ether oxygens (including phenoxy) is 4. The topological polar surface area (TPSA) is 103 Å². The van der Waals surface area contributed by atoms with Crippen molar-refractivity contribution in [1.82, 2.24) is 9.97 Å². The van der Waals surface area contributed by atoms with Crippen molar-refractivity contribution in [3.05, 3.63) is 72.1 Å². The number of nitrogens with zero attached hydrogens (tertiary/aromatic N) is 4. The van der Waals surface area contributed by atoms with Crippen LogP contribution < -0.4 is 19.3 Å². The van der Waals surface area contributed by atoms with Crippen molar-refractivity contribution in [2.75, 3.05) is 63.5 Å². The number of hydrogen-bond donors (Lipinski definition) is 0. The van der Waals surface area contributed by atoms with Gasteiger partial charge in [-0.2, -0.15) is 0 Å². The van der Waals surface area contributed by atoms with Gasteiger partial charge in [-0.25, -0.2) is 9.97 Å². The van der Waals surface area contributed by atoms with E-state index in [0.29, 0.717) is 67.6 Å². The Morgan fingerprint density at radius 2 is 1.79 bits per heavy atom. The van der Waals surface area contributed by atoms with E-state index in [2.05, 4.69) is 28.7 Å². The summed E-state index contributed by atoms with van der Waals surface area (Å²) in [4.78, 5) is 39.7. The molecule has 3 heterocycles. The van der Waals surface area contributed by atoms with Gasteiger partial charge >= 0.3 is 5.97 Å². The summed E-state index contributed by atoms with van der Waals surface area (Å²) >= 11 is 0. The standard InChI is InChI=1S/C38H50N4O6/c1-6-47-36(43)23-32(28-10-11-28)29-14-18-40-35(21-29)48-24-27-15-19-41(20-16-27)33-22-30(46-5)12-13-31(33)37(44)42(25-38(2,3)26-45-4)34-9-7-8-17-39-34/h7-9,12-14,17-18,21-22,27-28,32H,6,10-11,15-16,19-20,23-26H2,1-5H3. The zero-order valence-electron chi connectivity index (χ0n) is 29.0. The first kappa shape index (κ1) is 35.1. The molecule has 1 aromatic carbocycles. The minimum atomic E-state index is -0.291. The molecule has 0 spiro atoms. The van der Waals surface area contributed by atoms with Crippen molar-refractivity contribution >= 4 is 23.4 Å². The third-order valence-electron chi connectivity index (χ3n) is 9.22. The summed E-state index contributed by atoms with van der Waals surface area (Å²) in [5.74, 6) is 2.62. The third kappa shape index (κ3) is 9.24. The number of aromatic nitrogens is 2. The van der Waals surface area contributed by atoms with Gasteiger partial charge in [0, 0.05) is 56.7 Å². The monoisotopic (exact) mass is 658 g/mol. The number of hydrogen-bond acceptors (Lipinski definition) is 9. The van der Waals surface area contributed by atoms with E-state index in [1.807, 2.05) is 55.5 Å². The number of amides is 1. The zero-order chi connectivity index (χ0) is 34.1. The number of methoxy groups -OCH3 is 2. The predicted octanol–water partition coefficient (Wildman–Crippen LogP) is 6.55. The van der Waals surface area contributed by atoms with Crippen LogP contribution in [0.2, 0.25) is 0 Å². The third-order valence-corrected chi connectivity index (χ3v) is 9.22. The summed E-state index contributed by atoms with van der Waals surface area (Å²) in [5, 5.41) is 0. The van der Waals surface area contributed by atoms with Crippen LogP contribution in [0.3, 0.4) is 0 Å². The van der Waals surface area contributed by atoms with Gasteiger partial charge < -0.3 is 23.8 Å². The van der Waals surface area contributed by atoms with Gasteiger partial charge in [0.1, 0.15) is 11.6 Å². The van der Waals surface area contributed by atoms with E-state index in [-0.39, 0.29) is 23.2 Å². The SMILES string of the molecule is CCOC(=O)CC(c1ccnc(OCC2CCN(c3cc(OC)ccc3C(=O)N(CC(C)(C)COC)c3ccccn3)CC2)c1)C1CC1. The summed E-state index contributed by atoms with van der Waals surface area (Å²) in [6.45, 7) is 9.46. The normalized spacial score (nSPS) is 15.9.